The normalized spacial score (nSPS) is 26.5. The molecule has 0 spiro atoms. The van der Waals surface area contributed by atoms with Gasteiger partial charge in [-0.3, -0.25) is 4.79 Å². The Labute approximate surface area is 177 Å². The van der Waals surface area contributed by atoms with Crippen molar-refractivity contribution in [3.63, 3.8) is 0 Å². The molecular weight excluding hydrogens is 395 g/mol. The van der Waals surface area contributed by atoms with Gasteiger partial charge in [-0.2, -0.15) is 0 Å². The van der Waals surface area contributed by atoms with Crippen LogP contribution in [0.4, 0.5) is 14.9 Å². The van der Waals surface area contributed by atoms with Crippen molar-refractivity contribution in [3.8, 4) is 0 Å². The van der Waals surface area contributed by atoms with Crippen molar-refractivity contribution in [1.29, 1.82) is 0 Å². The van der Waals surface area contributed by atoms with Gasteiger partial charge in [-0.25, -0.2) is 9.18 Å². The number of hydrogen-bond donors (Lipinski definition) is 3. The van der Waals surface area contributed by atoms with Gasteiger partial charge in [0.25, 0.3) is 0 Å². The van der Waals surface area contributed by atoms with Gasteiger partial charge in [0, 0.05) is 43.3 Å². The summed E-state index contributed by atoms with van der Waals surface area (Å²) >= 11 is 0. The number of piperidine rings is 2. The number of likely N-dealkylation sites (tertiary alicyclic amines) is 1. The summed E-state index contributed by atoms with van der Waals surface area (Å²) in [5.74, 6) is 0.448. The van der Waals surface area contributed by atoms with Crippen LogP contribution in [-0.4, -0.2) is 48.1 Å². The first-order valence-electron chi connectivity index (χ1n) is 10.4. The van der Waals surface area contributed by atoms with Crippen LogP contribution in [0.1, 0.15) is 44.9 Å². The molecule has 8 heteroatoms. The van der Waals surface area contributed by atoms with E-state index in [1.54, 1.807) is 0 Å². The van der Waals surface area contributed by atoms with Gasteiger partial charge in [0.15, 0.2) is 0 Å². The first-order chi connectivity index (χ1) is 13.5. The molecule has 4 rings (SSSR count). The van der Waals surface area contributed by atoms with Crippen molar-refractivity contribution in [1.82, 2.24) is 15.5 Å². The zero-order valence-corrected chi connectivity index (χ0v) is 17.3. The Balaban J connectivity index is 0.00000240. The third-order valence-electron chi connectivity index (χ3n) is 6.32. The van der Waals surface area contributed by atoms with E-state index in [0.29, 0.717) is 43.2 Å². The summed E-state index contributed by atoms with van der Waals surface area (Å²) in [4.78, 5) is 26.7. The van der Waals surface area contributed by atoms with Crippen LogP contribution in [0, 0.1) is 11.7 Å². The minimum absolute atomic E-state index is 0. The average Bonchev–Trinajstić information content (AvgIpc) is 3.02. The molecule has 3 saturated heterocycles. The summed E-state index contributed by atoms with van der Waals surface area (Å²) in [6.07, 6.45) is 6.96. The van der Waals surface area contributed by atoms with Crippen LogP contribution >= 0.6 is 12.4 Å². The number of carbonyl (C=O) groups is 2. The number of fused-ring (bicyclic) bond motifs is 2. The van der Waals surface area contributed by atoms with E-state index in [1.165, 1.54) is 37.1 Å². The van der Waals surface area contributed by atoms with Gasteiger partial charge in [0.1, 0.15) is 5.82 Å². The molecule has 2 bridgehead atoms. The molecule has 1 aromatic carbocycles. The number of halogens is 2. The number of benzene rings is 1. The molecule has 3 N–H and O–H groups in total. The van der Waals surface area contributed by atoms with Crippen LogP contribution in [0.25, 0.3) is 0 Å². The molecule has 3 amide bonds. The maximum absolute atomic E-state index is 12.9. The fraction of sp³-hybridized carbons (Fsp3) is 0.619. The van der Waals surface area contributed by atoms with Crippen LogP contribution in [0.3, 0.4) is 0 Å². The summed E-state index contributed by atoms with van der Waals surface area (Å²) in [6, 6.07) is 6.69. The standard InChI is InChI=1S/C21H29FN4O2.ClH/c22-15-1-3-16(4-2-15)24-21(28)25-17-7-9-26(10-8-17)20(27)13-14-11-18-5-6-19(12-14)23-18;/h1-4,14,17-19,23H,5-13H2,(H2,24,25,28);1H. The SMILES string of the molecule is Cl.O=C(Nc1ccc(F)cc1)NC1CCN(C(=O)CC2CC3CCC(C2)N3)CC1. The van der Waals surface area contributed by atoms with E-state index >= 15 is 0 Å². The highest BCUT2D eigenvalue weighted by Crippen LogP contribution is 2.33. The topological polar surface area (TPSA) is 73.5 Å². The van der Waals surface area contributed by atoms with Crippen LogP contribution in [0.5, 0.6) is 0 Å². The average molecular weight is 425 g/mol. The third-order valence-corrected chi connectivity index (χ3v) is 6.32. The minimum Gasteiger partial charge on any atom is -0.343 e. The van der Waals surface area contributed by atoms with Crippen LogP contribution in [0.2, 0.25) is 0 Å². The summed E-state index contributed by atoms with van der Waals surface area (Å²) in [7, 11) is 0. The first kappa shape index (κ1) is 21.8. The van der Waals surface area contributed by atoms with E-state index in [-0.39, 0.29) is 36.2 Å². The van der Waals surface area contributed by atoms with Crippen LogP contribution in [-0.2, 0) is 4.79 Å². The molecule has 160 valence electrons. The van der Waals surface area contributed by atoms with Gasteiger partial charge in [-0.05, 0) is 68.7 Å². The summed E-state index contributed by atoms with van der Waals surface area (Å²) in [6.45, 7) is 1.39. The zero-order valence-electron chi connectivity index (χ0n) is 16.5. The summed E-state index contributed by atoms with van der Waals surface area (Å²) in [5.41, 5.74) is 0.558. The Bertz CT molecular complexity index is 697. The smallest absolute Gasteiger partial charge is 0.319 e. The summed E-state index contributed by atoms with van der Waals surface area (Å²) in [5, 5.41) is 9.30. The fourth-order valence-electron chi connectivity index (χ4n) is 4.88. The number of nitrogens with zero attached hydrogens (tertiary/aromatic N) is 1. The van der Waals surface area contributed by atoms with Crippen molar-refractivity contribution in [3.05, 3.63) is 30.1 Å². The lowest BCUT2D eigenvalue weighted by Gasteiger charge is -2.34. The van der Waals surface area contributed by atoms with Gasteiger partial charge < -0.3 is 20.9 Å². The second-order valence-electron chi connectivity index (χ2n) is 8.44. The third kappa shape index (κ3) is 5.82. The molecule has 29 heavy (non-hydrogen) atoms. The number of carbonyl (C=O) groups excluding carboxylic acids is 2. The minimum atomic E-state index is -0.333. The Hall–Kier alpha value is -1.86. The van der Waals surface area contributed by atoms with Crippen LogP contribution < -0.4 is 16.0 Å². The van der Waals surface area contributed by atoms with Crippen LogP contribution in [0.15, 0.2) is 24.3 Å². The van der Waals surface area contributed by atoms with E-state index in [4.69, 9.17) is 0 Å². The van der Waals surface area contributed by atoms with E-state index in [9.17, 15) is 14.0 Å². The van der Waals surface area contributed by atoms with Gasteiger partial charge in [-0.1, -0.05) is 0 Å². The number of amides is 3. The highest BCUT2D eigenvalue weighted by atomic mass is 35.5. The Morgan fingerprint density at radius 2 is 1.66 bits per heavy atom. The molecule has 2 atom stereocenters. The Kier molecular flexibility index (Phi) is 7.35. The van der Waals surface area contributed by atoms with Crippen molar-refractivity contribution in [2.75, 3.05) is 18.4 Å². The second kappa shape index (κ2) is 9.76. The lowest BCUT2D eigenvalue weighted by atomic mass is 9.89. The molecule has 0 aliphatic carbocycles. The second-order valence-corrected chi connectivity index (χ2v) is 8.44. The van der Waals surface area contributed by atoms with E-state index in [2.05, 4.69) is 16.0 Å². The molecule has 3 heterocycles. The zero-order chi connectivity index (χ0) is 19.5. The molecule has 3 fully saturated rings. The van der Waals surface area contributed by atoms with E-state index < -0.39 is 0 Å². The lowest BCUT2D eigenvalue weighted by Crippen LogP contribution is -2.48. The Morgan fingerprint density at radius 1 is 1.03 bits per heavy atom. The van der Waals surface area contributed by atoms with Crippen molar-refractivity contribution >= 4 is 30.0 Å². The molecule has 0 saturated carbocycles. The molecular formula is C21H30ClFN4O2. The monoisotopic (exact) mass is 424 g/mol. The van der Waals surface area contributed by atoms with E-state index in [1.807, 2.05) is 4.90 Å². The van der Waals surface area contributed by atoms with Gasteiger partial charge in [-0.15, -0.1) is 12.4 Å². The molecule has 0 radical (unpaired) electrons. The summed E-state index contributed by atoms with van der Waals surface area (Å²) < 4.78 is 12.9. The lowest BCUT2D eigenvalue weighted by molar-refractivity contribution is -0.133. The predicted molar refractivity (Wildman–Crippen MR) is 113 cm³/mol. The van der Waals surface area contributed by atoms with Gasteiger partial charge in [0.05, 0.1) is 0 Å². The highest BCUT2D eigenvalue weighted by molar-refractivity contribution is 5.89. The molecule has 0 aromatic heterocycles. The quantitative estimate of drug-likeness (QED) is 0.694. The molecule has 2 unspecified atom stereocenters. The van der Waals surface area contributed by atoms with Crippen molar-refractivity contribution in [2.24, 2.45) is 5.92 Å². The number of rotatable bonds is 4. The number of nitrogens with one attached hydrogen (secondary N) is 3. The number of hydrogen-bond acceptors (Lipinski definition) is 3. The van der Waals surface area contributed by atoms with Crippen molar-refractivity contribution in [2.45, 2.75) is 63.1 Å². The highest BCUT2D eigenvalue weighted by Gasteiger charge is 2.35. The largest absolute Gasteiger partial charge is 0.343 e. The fourth-order valence-corrected chi connectivity index (χ4v) is 4.88. The molecule has 1 aromatic rings. The molecule has 6 nitrogen and oxygen atoms in total. The Morgan fingerprint density at radius 3 is 2.28 bits per heavy atom. The van der Waals surface area contributed by atoms with Gasteiger partial charge in [0.2, 0.25) is 5.91 Å². The predicted octanol–water partition coefficient (Wildman–Crippen LogP) is 3.28. The van der Waals surface area contributed by atoms with Crippen molar-refractivity contribution < 1.29 is 14.0 Å². The number of anilines is 1. The number of urea groups is 1. The molecule has 3 aliphatic rings. The maximum atomic E-state index is 12.9. The van der Waals surface area contributed by atoms with Gasteiger partial charge >= 0.3 is 6.03 Å². The first-order valence-corrected chi connectivity index (χ1v) is 10.4. The maximum Gasteiger partial charge on any atom is 0.319 e. The molecule has 3 aliphatic heterocycles. The van der Waals surface area contributed by atoms with E-state index in [0.717, 1.165) is 25.7 Å².